The molecule has 2 atom stereocenters. The first-order valence-electron chi connectivity index (χ1n) is 7.98. The Labute approximate surface area is 138 Å². The molecule has 1 aliphatic heterocycles. The van der Waals surface area contributed by atoms with Crippen LogP contribution in [-0.2, 0) is 9.84 Å². The summed E-state index contributed by atoms with van der Waals surface area (Å²) >= 11 is 0. The third-order valence-electron chi connectivity index (χ3n) is 4.94. The summed E-state index contributed by atoms with van der Waals surface area (Å²) < 4.78 is 25.9. The van der Waals surface area contributed by atoms with Gasteiger partial charge in [-0.3, -0.25) is 5.32 Å². The fourth-order valence-corrected chi connectivity index (χ4v) is 5.36. The highest BCUT2D eigenvalue weighted by Crippen LogP contribution is 2.37. The molecule has 0 saturated carbocycles. The molecule has 0 fully saturated rings. The molecule has 4 heteroatoms. The van der Waals surface area contributed by atoms with E-state index in [-0.39, 0.29) is 17.7 Å². The number of nitrogens with one attached hydrogen (secondary N) is 1. The zero-order valence-corrected chi connectivity index (χ0v) is 14.6. The summed E-state index contributed by atoms with van der Waals surface area (Å²) in [6.07, 6.45) is 0. The largest absolute Gasteiger partial charge is 0.300 e. The fraction of sp³-hybridized carbons (Fsp3) is 0.368. The molecule has 0 radical (unpaired) electrons. The van der Waals surface area contributed by atoms with E-state index in [1.165, 1.54) is 0 Å². The molecule has 2 aromatic carbocycles. The van der Waals surface area contributed by atoms with Crippen LogP contribution in [0.25, 0.3) is 0 Å². The maximum absolute atomic E-state index is 12.9. The summed E-state index contributed by atoms with van der Waals surface area (Å²) in [6.45, 7) is 6.15. The van der Waals surface area contributed by atoms with Gasteiger partial charge < -0.3 is 0 Å². The van der Waals surface area contributed by atoms with Crippen LogP contribution in [0.4, 0.5) is 0 Å². The molecule has 23 heavy (non-hydrogen) atoms. The second kappa shape index (κ2) is 5.77. The Morgan fingerprint density at radius 3 is 2.30 bits per heavy atom. The molecule has 1 aliphatic rings. The summed E-state index contributed by atoms with van der Waals surface area (Å²) in [4.78, 5) is 0.450. The lowest BCUT2D eigenvalue weighted by Gasteiger charge is -2.36. The van der Waals surface area contributed by atoms with Crippen molar-refractivity contribution in [2.45, 2.75) is 37.2 Å². The molecule has 0 aromatic heterocycles. The number of hydrogen-bond acceptors (Lipinski definition) is 3. The molecule has 3 nitrogen and oxygen atoms in total. The maximum Gasteiger partial charge on any atom is 0.180 e. The molecule has 1 N–H and O–H groups in total. The molecule has 2 unspecified atom stereocenters. The Balaban J connectivity index is 2.24. The fourth-order valence-electron chi connectivity index (χ4n) is 3.17. The van der Waals surface area contributed by atoms with Crippen molar-refractivity contribution in [3.63, 3.8) is 0 Å². The van der Waals surface area contributed by atoms with Gasteiger partial charge in [0.25, 0.3) is 0 Å². The molecule has 3 rings (SSSR count). The van der Waals surface area contributed by atoms with Crippen LogP contribution in [0.2, 0.25) is 0 Å². The third-order valence-corrected chi connectivity index (χ3v) is 6.96. The Bertz CT molecular complexity index is 799. The van der Waals surface area contributed by atoms with E-state index in [1.54, 1.807) is 12.1 Å². The Morgan fingerprint density at radius 1 is 1.04 bits per heavy atom. The van der Waals surface area contributed by atoms with Gasteiger partial charge in [0.2, 0.25) is 0 Å². The summed E-state index contributed by atoms with van der Waals surface area (Å²) in [7, 11) is -3.33. The maximum atomic E-state index is 12.9. The monoisotopic (exact) mass is 329 g/mol. The highest BCUT2D eigenvalue weighted by Gasteiger charge is 2.41. The number of hydrogen-bond donors (Lipinski definition) is 1. The molecule has 2 aromatic rings. The third kappa shape index (κ3) is 2.93. The quantitative estimate of drug-likeness (QED) is 0.916. The highest BCUT2D eigenvalue weighted by molar-refractivity contribution is 7.91. The van der Waals surface area contributed by atoms with Crippen molar-refractivity contribution in [1.29, 1.82) is 0 Å². The van der Waals surface area contributed by atoms with Crippen molar-refractivity contribution in [3.05, 3.63) is 65.7 Å². The van der Waals surface area contributed by atoms with Crippen LogP contribution in [0.3, 0.4) is 0 Å². The van der Waals surface area contributed by atoms with Gasteiger partial charge in [0.15, 0.2) is 9.84 Å². The van der Waals surface area contributed by atoms with Gasteiger partial charge in [0, 0.05) is 5.54 Å². The van der Waals surface area contributed by atoms with Crippen molar-refractivity contribution in [3.8, 4) is 0 Å². The van der Waals surface area contributed by atoms with E-state index in [0.29, 0.717) is 4.90 Å². The minimum atomic E-state index is -3.33. The van der Waals surface area contributed by atoms with Gasteiger partial charge >= 0.3 is 0 Å². The van der Waals surface area contributed by atoms with Crippen molar-refractivity contribution in [2.75, 3.05) is 5.75 Å². The van der Waals surface area contributed by atoms with Crippen molar-refractivity contribution >= 4 is 9.84 Å². The highest BCUT2D eigenvalue weighted by atomic mass is 32.2. The first-order valence-corrected chi connectivity index (χ1v) is 9.63. The van der Waals surface area contributed by atoms with E-state index in [1.807, 2.05) is 49.4 Å². The van der Waals surface area contributed by atoms with Gasteiger partial charge in [-0.15, -0.1) is 0 Å². The summed E-state index contributed by atoms with van der Waals surface area (Å²) in [6, 6.07) is 17.3. The second-order valence-electron chi connectivity index (χ2n) is 6.86. The molecule has 1 heterocycles. The lowest BCUT2D eigenvalue weighted by Crippen LogP contribution is -2.51. The van der Waals surface area contributed by atoms with Crippen LogP contribution < -0.4 is 5.32 Å². The lowest BCUT2D eigenvalue weighted by atomic mass is 9.87. The van der Waals surface area contributed by atoms with Gasteiger partial charge in [-0.05, 0) is 30.0 Å². The number of sulfone groups is 1. The Kier molecular flexibility index (Phi) is 4.07. The lowest BCUT2D eigenvalue weighted by molar-refractivity contribution is 0.274. The zero-order chi connectivity index (χ0) is 16.7. The van der Waals surface area contributed by atoms with Gasteiger partial charge in [0.1, 0.15) is 0 Å². The normalized spacial score (nSPS) is 26.5. The van der Waals surface area contributed by atoms with Gasteiger partial charge in [0.05, 0.1) is 16.7 Å². The minimum Gasteiger partial charge on any atom is -0.300 e. The van der Waals surface area contributed by atoms with E-state index >= 15 is 0 Å². The van der Waals surface area contributed by atoms with Crippen molar-refractivity contribution in [1.82, 2.24) is 5.32 Å². The predicted octanol–water partition coefficient (Wildman–Crippen LogP) is 3.57. The molecule has 0 saturated heterocycles. The molecule has 122 valence electrons. The Hall–Kier alpha value is -1.65. The summed E-state index contributed by atoms with van der Waals surface area (Å²) in [5.74, 6) is 0.302. The minimum absolute atomic E-state index is 0.109. The van der Waals surface area contributed by atoms with Gasteiger partial charge in [-0.25, -0.2) is 8.42 Å². The van der Waals surface area contributed by atoms with E-state index < -0.39 is 15.4 Å². The molecular formula is C19H23NO2S. The first kappa shape index (κ1) is 16.2. The second-order valence-corrected chi connectivity index (χ2v) is 8.82. The van der Waals surface area contributed by atoms with Crippen LogP contribution in [0.5, 0.6) is 0 Å². The Morgan fingerprint density at radius 2 is 1.65 bits per heavy atom. The van der Waals surface area contributed by atoms with Gasteiger partial charge in [-0.1, -0.05) is 62.4 Å². The van der Waals surface area contributed by atoms with E-state index in [0.717, 1.165) is 11.1 Å². The van der Waals surface area contributed by atoms with Crippen LogP contribution in [0, 0.1) is 5.92 Å². The predicted molar refractivity (Wildman–Crippen MR) is 93.2 cm³/mol. The topological polar surface area (TPSA) is 46.2 Å². The van der Waals surface area contributed by atoms with E-state index in [4.69, 9.17) is 0 Å². The standard InChI is InChI=1S/C19H23NO2S/c1-14(2)19(3)13-23(21,22)17-12-8-7-11-16(17)18(20-19)15-9-5-4-6-10-15/h4-12,14,18,20H,13H2,1-3H3. The number of benzene rings is 2. The van der Waals surface area contributed by atoms with Gasteiger partial charge in [-0.2, -0.15) is 0 Å². The average Bonchev–Trinajstić information content (AvgIpc) is 2.62. The van der Waals surface area contributed by atoms with Crippen LogP contribution in [-0.4, -0.2) is 19.7 Å². The number of fused-ring (bicyclic) bond motifs is 1. The van der Waals surface area contributed by atoms with E-state index in [9.17, 15) is 8.42 Å². The summed E-state index contributed by atoms with van der Waals surface area (Å²) in [5, 5.41) is 3.64. The summed E-state index contributed by atoms with van der Waals surface area (Å²) in [5.41, 5.74) is 1.44. The molecule has 0 aliphatic carbocycles. The first-order chi connectivity index (χ1) is 10.8. The smallest absolute Gasteiger partial charge is 0.180 e. The van der Waals surface area contributed by atoms with Crippen LogP contribution >= 0.6 is 0 Å². The molecule has 0 bridgehead atoms. The van der Waals surface area contributed by atoms with Crippen LogP contribution in [0.15, 0.2) is 59.5 Å². The van der Waals surface area contributed by atoms with Crippen LogP contribution in [0.1, 0.15) is 37.9 Å². The van der Waals surface area contributed by atoms with Crippen molar-refractivity contribution in [2.24, 2.45) is 5.92 Å². The molecular weight excluding hydrogens is 306 g/mol. The van der Waals surface area contributed by atoms with Crippen molar-refractivity contribution < 1.29 is 8.42 Å². The number of rotatable bonds is 2. The SMILES string of the molecule is CC(C)C1(C)CS(=O)(=O)c2ccccc2C(c2ccccc2)N1. The molecule has 0 amide bonds. The van der Waals surface area contributed by atoms with E-state index in [2.05, 4.69) is 19.2 Å². The molecule has 0 spiro atoms. The zero-order valence-electron chi connectivity index (χ0n) is 13.8. The average molecular weight is 329 g/mol.